The highest BCUT2D eigenvalue weighted by molar-refractivity contribution is 9.10. The smallest absolute Gasteiger partial charge is 0.123 e. The molecule has 0 heterocycles. The normalized spacial score (nSPS) is 10.7. The Bertz CT molecular complexity index is 355. The lowest BCUT2D eigenvalue weighted by Crippen LogP contribution is -2.15. The number of nitrogens with one attached hydrogen (secondary N) is 1. The molecule has 0 aliphatic rings. The summed E-state index contributed by atoms with van der Waals surface area (Å²) < 4.78 is 6.75. The highest BCUT2D eigenvalue weighted by Gasteiger charge is 2.03. The van der Waals surface area contributed by atoms with Crippen molar-refractivity contribution in [2.75, 3.05) is 13.2 Å². The van der Waals surface area contributed by atoms with Crippen molar-refractivity contribution in [2.45, 2.75) is 52.5 Å². The zero-order valence-electron chi connectivity index (χ0n) is 12.2. The second-order valence-corrected chi connectivity index (χ2v) is 5.69. The first-order valence-corrected chi connectivity index (χ1v) is 8.19. The maximum Gasteiger partial charge on any atom is 0.123 e. The summed E-state index contributed by atoms with van der Waals surface area (Å²) >= 11 is 3.52. The van der Waals surface area contributed by atoms with Crippen LogP contribution in [0, 0.1) is 0 Å². The summed E-state index contributed by atoms with van der Waals surface area (Å²) in [5, 5.41) is 3.50. The van der Waals surface area contributed by atoms with Crippen molar-refractivity contribution in [3.05, 3.63) is 28.2 Å². The van der Waals surface area contributed by atoms with Crippen molar-refractivity contribution in [3.8, 4) is 5.75 Å². The number of unbranched alkanes of at least 4 members (excludes halogenated alkanes) is 4. The summed E-state index contributed by atoms with van der Waals surface area (Å²) in [6.45, 7) is 6.95. The van der Waals surface area contributed by atoms with Gasteiger partial charge in [-0.2, -0.15) is 0 Å². The molecule has 0 aliphatic heterocycles. The van der Waals surface area contributed by atoms with E-state index in [1.54, 1.807) is 0 Å². The predicted molar refractivity (Wildman–Crippen MR) is 85.8 cm³/mol. The topological polar surface area (TPSA) is 21.3 Å². The standard InChI is InChI=1S/C16H26BrNO/c1-3-5-6-7-8-11-18-13-14-12-15(17)9-10-16(14)19-4-2/h9-10,12,18H,3-8,11,13H2,1-2H3. The van der Waals surface area contributed by atoms with Gasteiger partial charge in [-0.05, 0) is 38.1 Å². The van der Waals surface area contributed by atoms with E-state index < -0.39 is 0 Å². The monoisotopic (exact) mass is 327 g/mol. The Labute approximate surface area is 126 Å². The fourth-order valence-corrected chi connectivity index (χ4v) is 2.47. The van der Waals surface area contributed by atoms with E-state index in [0.717, 1.165) is 23.3 Å². The lowest BCUT2D eigenvalue weighted by atomic mass is 10.1. The third kappa shape index (κ3) is 6.98. The Morgan fingerprint density at radius 3 is 2.63 bits per heavy atom. The Morgan fingerprint density at radius 2 is 1.89 bits per heavy atom. The van der Waals surface area contributed by atoms with Crippen molar-refractivity contribution in [3.63, 3.8) is 0 Å². The highest BCUT2D eigenvalue weighted by atomic mass is 79.9. The van der Waals surface area contributed by atoms with Crippen molar-refractivity contribution in [1.29, 1.82) is 0 Å². The van der Waals surface area contributed by atoms with Gasteiger partial charge in [0.15, 0.2) is 0 Å². The van der Waals surface area contributed by atoms with Gasteiger partial charge in [0.25, 0.3) is 0 Å². The first kappa shape index (κ1) is 16.5. The minimum atomic E-state index is 0.714. The second kappa shape index (κ2) is 10.3. The molecule has 0 unspecified atom stereocenters. The first-order chi connectivity index (χ1) is 9.27. The van der Waals surface area contributed by atoms with Gasteiger partial charge in [0.1, 0.15) is 5.75 Å². The van der Waals surface area contributed by atoms with Crippen LogP contribution in [-0.4, -0.2) is 13.2 Å². The van der Waals surface area contributed by atoms with E-state index in [1.165, 1.54) is 37.7 Å². The van der Waals surface area contributed by atoms with E-state index >= 15 is 0 Å². The van der Waals surface area contributed by atoms with Crippen LogP contribution < -0.4 is 10.1 Å². The summed E-state index contributed by atoms with van der Waals surface area (Å²) in [6, 6.07) is 6.19. The maximum absolute atomic E-state index is 5.64. The molecule has 0 amide bonds. The molecule has 0 radical (unpaired) electrons. The zero-order chi connectivity index (χ0) is 13.9. The Hall–Kier alpha value is -0.540. The summed E-state index contributed by atoms with van der Waals surface area (Å²) in [5.41, 5.74) is 1.23. The average molecular weight is 328 g/mol. The van der Waals surface area contributed by atoms with E-state index in [1.807, 2.05) is 19.1 Å². The molecule has 1 aromatic rings. The largest absolute Gasteiger partial charge is 0.494 e. The molecule has 108 valence electrons. The molecule has 0 spiro atoms. The molecule has 1 rings (SSSR count). The van der Waals surface area contributed by atoms with Gasteiger partial charge in [0.2, 0.25) is 0 Å². The molecular weight excluding hydrogens is 302 g/mol. The number of hydrogen-bond donors (Lipinski definition) is 1. The van der Waals surface area contributed by atoms with Crippen LogP contribution >= 0.6 is 15.9 Å². The lowest BCUT2D eigenvalue weighted by Gasteiger charge is -2.11. The summed E-state index contributed by atoms with van der Waals surface area (Å²) in [5.74, 6) is 0.990. The van der Waals surface area contributed by atoms with Crippen molar-refractivity contribution < 1.29 is 4.74 Å². The van der Waals surface area contributed by atoms with Gasteiger partial charge in [-0.25, -0.2) is 0 Å². The van der Waals surface area contributed by atoms with Gasteiger partial charge in [-0.3, -0.25) is 0 Å². The number of hydrogen-bond acceptors (Lipinski definition) is 2. The van der Waals surface area contributed by atoms with E-state index in [2.05, 4.69) is 34.2 Å². The van der Waals surface area contributed by atoms with Gasteiger partial charge < -0.3 is 10.1 Å². The van der Waals surface area contributed by atoms with Crippen molar-refractivity contribution in [1.82, 2.24) is 5.32 Å². The molecule has 3 heteroatoms. The number of halogens is 1. The first-order valence-electron chi connectivity index (χ1n) is 7.39. The Kier molecular flexibility index (Phi) is 8.93. The quantitative estimate of drug-likeness (QED) is 0.616. The molecule has 1 N–H and O–H groups in total. The molecule has 0 fully saturated rings. The van der Waals surface area contributed by atoms with Gasteiger partial charge >= 0.3 is 0 Å². The molecule has 0 saturated carbocycles. The van der Waals surface area contributed by atoms with Gasteiger partial charge in [0, 0.05) is 16.6 Å². The molecule has 1 aromatic carbocycles. The third-order valence-corrected chi connectivity index (χ3v) is 3.59. The number of rotatable bonds is 10. The molecule has 0 aromatic heterocycles. The molecule has 0 aliphatic carbocycles. The number of benzene rings is 1. The molecule has 0 atom stereocenters. The van der Waals surface area contributed by atoms with Crippen LogP contribution in [0.5, 0.6) is 5.75 Å². The molecule has 0 bridgehead atoms. The van der Waals surface area contributed by atoms with Crippen LogP contribution in [0.3, 0.4) is 0 Å². The van der Waals surface area contributed by atoms with Crippen LogP contribution in [0.25, 0.3) is 0 Å². The lowest BCUT2D eigenvalue weighted by molar-refractivity contribution is 0.335. The minimum absolute atomic E-state index is 0.714. The summed E-state index contributed by atoms with van der Waals surface area (Å²) in [7, 11) is 0. The van der Waals surface area contributed by atoms with Crippen molar-refractivity contribution >= 4 is 15.9 Å². The zero-order valence-corrected chi connectivity index (χ0v) is 13.8. The maximum atomic E-state index is 5.64. The van der Waals surface area contributed by atoms with E-state index in [4.69, 9.17) is 4.74 Å². The summed E-state index contributed by atoms with van der Waals surface area (Å²) in [4.78, 5) is 0. The van der Waals surface area contributed by atoms with Crippen LogP contribution in [0.4, 0.5) is 0 Å². The average Bonchev–Trinajstić information content (AvgIpc) is 2.41. The van der Waals surface area contributed by atoms with Gasteiger partial charge in [-0.15, -0.1) is 0 Å². The predicted octanol–water partition coefficient (Wildman–Crippen LogP) is 4.91. The Morgan fingerprint density at radius 1 is 1.11 bits per heavy atom. The molecular formula is C16H26BrNO. The third-order valence-electron chi connectivity index (χ3n) is 3.09. The highest BCUT2D eigenvalue weighted by Crippen LogP contribution is 2.23. The van der Waals surface area contributed by atoms with Crippen LogP contribution in [0.15, 0.2) is 22.7 Å². The van der Waals surface area contributed by atoms with E-state index in [0.29, 0.717) is 6.61 Å². The van der Waals surface area contributed by atoms with Gasteiger partial charge in [-0.1, -0.05) is 48.5 Å². The molecule has 19 heavy (non-hydrogen) atoms. The Balaban J connectivity index is 2.29. The minimum Gasteiger partial charge on any atom is -0.494 e. The second-order valence-electron chi connectivity index (χ2n) is 4.78. The number of ether oxygens (including phenoxy) is 1. The molecule has 0 saturated heterocycles. The summed E-state index contributed by atoms with van der Waals surface area (Å²) in [6.07, 6.45) is 6.62. The van der Waals surface area contributed by atoms with Gasteiger partial charge in [0.05, 0.1) is 6.61 Å². The SMILES string of the molecule is CCCCCCCNCc1cc(Br)ccc1OCC. The van der Waals surface area contributed by atoms with Crippen molar-refractivity contribution in [2.24, 2.45) is 0 Å². The van der Waals surface area contributed by atoms with Crippen LogP contribution in [0.2, 0.25) is 0 Å². The fourth-order valence-electron chi connectivity index (χ4n) is 2.06. The van der Waals surface area contributed by atoms with Crippen LogP contribution in [-0.2, 0) is 6.54 Å². The van der Waals surface area contributed by atoms with Crippen LogP contribution in [0.1, 0.15) is 51.5 Å². The van der Waals surface area contributed by atoms with E-state index in [9.17, 15) is 0 Å². The molecule has 2 nitrogen and oxygen atoms in total. The fraction of sp³-hybridized carbons (Fsp3) is 0.625. The van der Waals surface area contributed by atoms with E-state index in [-0.39, 0.29) is 0 Å².